The predicted molar refractivity (Wildman–Crippen MR) is 110 cm³/mol. The van der Waals surface area contributed by atoms with Crippen molar-refractivity contribution in [2.75, 3.05) is 13.7 Å². The van der Waals surface area contributed by atoms with Gasteiger partial charge in [-0.3, -0.25) is 4.79 Å². The number of ether oxygens (including phenoxy) is 1. The molecule has 0 saturated carbocycles. The van der Waals surface area contributed by atoms with Gasteiger partial charge in [0.25, 0.3) is 0 Å². The van der Waals surface area contributed by atoms with Crippen molar-refractivity contribution in [2.45, 2.75) is 47.1 Å². The number of aryl methyl sites for hydroxylation is 3. The van der Waals surface area contributed by atoms with Gasteiger partial charge in [-0.25, -0.2) is 9.50 Å². The van der Waals surface area contributed by atoms with Crippen molar-refractivity contribution in [2.24, 2.45) is 0 Å². The Morgan fingerprint density at radius 2 is 1.89 bits per heavy atom. The van der Waals surface area contributed by atoms with Gasteiger partial charge in [-0.15, -0.1) is 0 Å². The molecule has 0 bridgehead atoms. The smallest absolute Gasteiger partial charge is 0.223 e. The van der Waals surface area contributed by atoms with E-state index in [0.29, 0.717) is 25.9 Å². The molecule has 6 heteroatoms. The number of amides is 1. The van der Waals surface area contributed by atoms with Crippen molar-refractivity contribution in [3.8, 4) is 5.75 Å². The summed E-state index contributed by atoms with van der Waals surface area (Å²) >= 11 is 0. The highest BCUT2D eigenvalue weighted by Gasteiger charge is 2.16. The number of carbonyl (C=O) groups is 1. The average Bonchev–Trinajstić information content (AvgIpc) is 3.06. The first-order valence-corrected chi connectivity index (χ1v) is 9.66. The fourth-order valence-electron chi connectivity index (χ4n) is 3.52. The molecule has 0 aliphatic carbocycles. The maximum Gasteiger partial charge on any atom is 0.223 e. The lowest BCUT2D eigenvalue weighted by atomic mass is 10.1. The first-order chi connectivity index (χ1) is 13.4. The van der Waals surface area contributed by atoms with Crippen LogP contribution in [0.4, 0.5) is 0 Å². The van der Waals surface area contributed by atoms with Crippen LogP contribution < -0.4 is 4.74 Å². The van der Waals surface area contributed by atoms with E-state index in [1.807, 2.05) is 67.4 Å². The number of carbonyl (C=O) groups excluding carboxylic acids is 1. The van der Waals surface area contributed by atoms with Crippen molar-refractivity contribution in [1.82, 2.24) is 19.5 Å². The number of fused-ring (bicyclic) bond motifs is 1. The SMILES string of the molecule is CCN(Cc1ccc(OC)cc1)C(=O)CCc1c(C)nc2cc(C)nn2c1C. The lowest BCUT2D eigenvalue weighted by molar-refractivity contribution is -0.131. The summed E-state index contributed by atoms with van der Waals surface area (Å²) in [4.78, 5) is 19.4. The Labute approximate surface area is 166 Å². The Balaban J connectivity index is 1.70. The minimum Gasteiger partial charge on any atom is -0.497 e. The van der Waals surface area contributed by atoms with E-state index in [4.69, 9.17) is 4.74 Å². The van der Waals surface area contributed by atoms with Crippen LogP contribution in [0.1, 0.15) is 41.6 Å². The zero-order valence-electron chi connectivity index (χ0n) is 17.3. The number of hydrogen-bond acceptors (Lipinski definition) is 4. The molecule has 0 atom stereocenters. The van der Waals surface area contributed by atoms with Crippen molar-refractivity contribution in [1.29, 1.82) is 0 Å². The minimum absolute atomic E-state index is 0.147. The van der Waals surface area contributed by atoms with Crippen molar-refractivity contribution in [3.05, 3.63) is 58.5 Å². The molecule has 1 amide bonds. The molecule has 0 fully saturated rings. The van der Waals surface area contributed by atoms with Gasteiger partial charge in [0, 0.05) is 37.0 Å². The molecule has 148 valence electrons. The van der Waals surface area contributed by atoms with E-state index in [0.717, 1.165) is 39.6 Å². The van der Waals surface area contributed by atoms with Gasteiger partial charge in [-0.2, -0.15) is 5.10 Å². The molecule has 1 aromatic carbocycles. The van der Waals surface area contributed by atoms with E-state index < -0.39 is 0 Å². The fourth-order valence-corrected chi connectivity index (χ4v) is 3.52. The average molecular weight is 380 g/mol. The summed E-state index contributed by atoms with van der Waals surface area (Å²) in [7, 11) is 1.65. The zero-order valence-corrected chi connectivity index (χ0v) is 17.3. The first-order valence-electron chi connectivity index (χ1n) is 9.66. The third-order valence-corrected chi connectivity index (χ3v) is 5.14. The highest BCUT2D eigenvalue weighted by molar-refractivity contribution is 5.76. The van der Waals surface area contributed by atoms with Gasteiger partial charge in [-0.1, -0.05) is 12.1 Å². The van der Waals surface area contributed by atoms with Gasteiger partial charge < -0.3 is 9.64 Å². The monoisotopic (exact) mass is 380 g/mol. The van der Waals surface area contributed by atoms with Crippen LogP contribution >= 0.6 is 0 Å². The molecule has 2 aromatic heterocycles. The number of hydrogen-bond donors (Lipinski definition) is 0. The van der Waals surface area contributed by atoms with Crippen LogP contribution in [-0.2, 0) is 17.8 Å². The third kappa shape index (κ3) is 4.16. The number of aromatic nitrogens is 3. The van der Waals surface area contributed by atoms with Crippen LogP contribution in [0.2, 0.25) is 0 Å². The first kappa shape index (κ1) is 19.9. The maximum atomic E-state index is 12.8. The Bertz CT molecular complexity index is 976. The summed E-state index contributed by atoms with van der Waals surface area (Å²) in [6, 6.07) is 9.82. The normalized spacial score (nSPS) is 11.0. The van der Waals surface area contributed by atoms with Gasteiger partial charge >= 0.3 is 0 Å². The number of methoxy groups -OCH3 is 1. The molecule has 6 nitrogen and oxygen atoms in total. The fraction of sp³-hybridized carbons (Fsp3) is 0.409. The van der Waals surface area contributed by atoms with Gasteiger partial charge in [0.1, 0.15) is 5.75 Å². The third-order valence-electron chi connectivity index (χ3n) is 5.14. The minimum atomic E-state index is 0.147. The van der Waals surface area contributed by atoms with Gasteiger partial charge in [0.05, 0.1) is 12.8 Å². The zero-order chi connectivity index (χ0) is 20.3. The van der Waals surface area contributed by atoms with E-state index in [1.165, 1.54) is 0 Å². The van der Waals surface area contributed by atoms with E-state index >= 15 is 0 Å². The Hall–Kier alpha value is -2.89. The van der Waals surface area contributed by atoms with Crippen LogP contribution in [0, 0.1) is 20.8 Å². The second kappa shape index (κ2) is 8.42. The summed E-state index contributed by atoms with van der Waals surface area (Å²) < 4.78 is 7.07. The molecule has 0 spiro atoms. The molecule has 0 saturated heterocycles. The largest absolute Gasteiger partial charge is 0.497 e. The van der Waals surface area contributed by atoms with E-state index in [-0.39, 0.29) is 5.91 Å². The Morgan fingerprint density at radius 1 is 1.18 bits per heavy atom. The van der Waals surface area contributed by atoms with Crippen molar-refractivity contribution < 1.29 is 9.53 Å². The molecule has 0 aliphatic rings. The topological polar surface area (TPSA) is 59.7 Å². The second-order valence-corrected chi connectivity index (χ2v) is 7.07. The van der Waals surface area contributed by atoms with E-state index in [1.54, 1.807) is 7.11 Å². The quantitative estimate of drug-likeness (QED) is 0.628. The van der Waals surface area contributed by atoms with E-state index in [2.05, 4.69) is 10.1 Å². The predicted octanol–water partition coefficient (Wildman–Crippen LogP) is 3.64. The molecule has 3 aromatic rings. The highest BCUT2D eigenvalue weighted by atomic mass is 16.5. The standard InChI is InChI=1S/C22H28N4O2/c1-6-25(14-18-7-9-19(28-5)10-8-18)22(27)12-11-20-16(3)23-21-13-15(2)24-26(21)17(20)4/h7-10,13H,6,11-12,14H2,1-5H3. The lowest BCUT2D eigenvalue weighted by Gasteiger charge is -2.21. The number of benzene rings is 1. The highest BCUT2D eigenvalue weighted by Crippen LogP contribution is 2.18. The van der Waals surface area contributed by atoms with Crippen LogP contribution in [0.25, 0.3) is 5.65 Å². The molecule has 0 unspecified atom stereocenters. The van der Waals surface area contributed by atoms with Crippen molar-refractivity contribution in [3.63, 3.8) is 0 Å². The number of nitrogens with zero attached hydrogens (tertiary/aromatic N) is 4. The summed E-state index contributed by atoms with van der Waals surface area (Å²) in [6.07, 6.45) is 1.12. The van der Waals surface area contributed by atoms with Crippen molar-refractivity contribution >= 4 is 11.6 Å². The van der Waals surface area contributed by atoms with E-state index in [9.17, 15) is 4.79 Å². The summed E-state index contributed by atoms with van der Waals surface area (Å²) in [5.74, 6) is 0.967. The molecular formula is C22H28N4O2. The lowest BCUT2D eigenvalue weighted by Crippen LogP contribution is -2.30. The summed E-state index contributed by atoms with van der Waals surface area (Å²) in [5.41, 5.74) is 6.03. The molecule has 0 N–H and O–H groups in total. The molecule has 28 heavy (non-hydrogen) atoms. The molecule has 0 radical (unpaired) electrons. The molecule has 3 rings (SSSR count). The molecular weight excluding hydrogens is 352 g/mol. The van der Waals surface area contributed by atoms with Crippen LogP contribution in [0.5, 0.6) is 5.75 Å². The van der Waals surface area contributed by atoms with Crippen LogP contribution in [0.15, 0.2) is 30.3 Å². The van der Waals surface area contributed by atoms with Crippen LogP contribution in [0.3, 0.4) is 0 Å². The number of rotatable bonds is 7. The Morgan fingerprint density at radius 3 is 2.54 bits per heavy atom. The Kier molecular flexibility index (Phi) is 5.97. The summed E-state index contributed by atoms with van der Waals surface area (Å²) in [6.45, 7) is 9.31. The summed E-state index contributed by atoms with van der Waals surface area (Å²) in [5, 5.41) is 4.51. The maximum absolute atomic E-state index is 12.8. The molecule has 0 aliphatic heterocycles. The van der Waals surface area contributed by atoms with Gasteiger partial charge in [0.2, 0.25) is 5.91 Å². The van der Waals surface area contributed by atoms with Crippen LogP contribution in [-0.4, -0.2) is 39.1 Å². The second-order valence-electron chi connectivity index (χ2n) is 7.07. The van der Waals surface area contributed by atoms with Gasteiger partial charge in [-0.05, 0) is 57.4 Å². The van der Waals surface area contributed by atoms with Gasteiger partial charge in [0.15, 0.2) is 5.65 Å². The molecule has 2 heterocycles.